The first kappa shape index (κ1) is 19.1. The molecular formula is C20H24N6O3. The average molecular weight is 396 g/mol. The maximum Gasteiger partial charge on any atom is 0.224 e. The van der Waals surface area contributed by atoms with Crippen LogP contribution < -0.4 is 15.0 Å². The topological polar surface area (TPSA) is 93.9 Å². The van der Waals surface area contributed by atoms with E-state index in [2.05, 4.69) is 25.5 Å². The van der Waals surface area contributed by atoms with E-state index in [0.29, 0.717) is 49.1 Å². The number of nitrogens with zero attached hydrogens (tertiary/aromatic N) is 5. The van der Waals surface area contributed by atoms with Gasteiger partial charge >= 0.3 is 0 Å². The Morgan fingerprint density at radius 2 is 2.00 bits per heavy atom. The van der Waals surface area contributed by atoms with Gasteiger partial charge in [0, 0.05) is 25.9 Å². The number of para-hydroxylation sites is 2. The summed E-state index contributed by atoms with van der Waals surface area (Å²) in [4.78, 5) is 14.6. The highest BCUT2D eigenvalue weighted by atomic mass is 16.5. The van der Waals surface area contributed by atoms with Crippen LogP contribution in [0.25, 0.3) is 5.65 Å². The second kappa shape index (κ2) is 8.87. The third-order valence-electron chi connectivity index (χ3n) is 4.69. The van der Waals surface area contributed by atoms with Gasteiger partial charge in [-0.2, -0.15) is 4.52 Å². The second-order valence-corrected chi connectivity index (χ2v) is 6.65. The number of fused-ring (bicyclic) bond motifs is 1. The number of carbonyl (C=O) groups excluding carboxylic acids is 1. The van der Waals surface area contributed by atoms with Crippen molar-refractivity contribution in [2.24, 2.45) is 0 Å². The van der Waals surface area contributed by atoms with Gasteiger partial charge in [-0.05, 0) is 31.2 Å². The van der Waals surface area contributed by atoms with Crippen LogP contribution in [0.3, 0.4) is 0 Å². The van der Waals surface area contributed by atoms with E-state index in [1.807, 2.05) is 43.3 Å². The van der Waals surface area contributed by atoms with Gasteiger partial charge in [-0.1, -0.05) is 12.1 Å². The lowest BCUT2D eigenvalue weighted by Crippen LogP contribution is -2.37. The van der Waals surface area contributed by atoms with Crippen molar-refractivity contribution in [2.45, 2.75) is 19.8 Å². The Bertz CT molecular complexity index is 983. The van der Waals surface area contributed by atoms with Gasteiger partial charge in [0.25, 0.3) is 0 Å². The number of amides is 1. The van der Waals surface area contributed by atoms with Crippen LogP contribution in [0.5, 0.6) is 5.75 Å². The normalized spacial score (nSPS) is 14.2. The van der Waals surface area contributed by atoms with Crippen LogP contribution in [-0.2, 0) is 16.0 Å². The predicted octanol–water partition coefficient (Wildman–Crippen LogP) is 1.93. The summed E-state index contributed by atoms with van der Waals surface area (Å²) >= 11 is 0. The highest BCUT2D eigenvalue weighted by molar-refractivity contribution is 5.92. The minimum absolute atomic E-state index is 0.113. The van der Waals surface area contributed by atoms with Crippen LogP contribution >= 0.6 is 0 Å². The number of morpholine rings is 1. The maximum atomic E-state index is 12.4. The van der Waals surface area contributed by atoms with Crippen molar-refractivity contribution in [1.29, 1.82) is 0 Å². The molecule has 0 unspecified atom stereocenters. The number of anilines is 2. The molecule has 1 amide bonds. The first-order valence-corrected chi connectivity index (χ1v) is 9.80. The van der Waals surface area contributed by atoms with Crippen molar-refractivity contribution in [2.75, 3.05) is 43.1 Å². The highest BCUT2D eigenvalue weighted by Gasteiger charge is 2.16. The lowest BCUT2D eigenvalue weighted by molar-refractivity contribution is -0.116. The zero-order valence-electron chi connectivity index (χ0n) is 16.4. The van der Waals surface area contributed by atoms with E-state index in [4.69, 9.17) is 9.47 Å². The van der Waals surface area contributed by atoms with E-state index in [1.165, 1.54) is 0 Å². The third kappa shape index (κ3) is 4.45. The third-order valence-corrected chi connectivity index (χ3v) is 4.69. The van der Waals surface area contributed by atoms with Gasteiger partial charge in [-0.15, -0.1) is 15.3 Å². The van der Waals surface area contributed by atoms with Crippen molar-refractivity contribution in [3.8, 4) is 5.75 Å². The Labute approximate surface area is 168 Å². The number of benzene rings is 1. The smallest absolute Gasteiger partial charge is 0.224 e. The second-order valence-electron chi connectivity index (χ2n) is 6.65. The average Bonchev–Trinajstić information content (AvgIpc) is 3.17. The van der Waals surface area contributed by atoms with Crippen LogP contribution in [-0.4, -0.2) is 58.6 Å². The van der Waals surface area contributed by atoms with Gasteiger partial charge in [0.05, 0.1) is 25.5 Å². The number of ether oxygens (including phenoxy) is 2. The standard InChI is InChI=1S/C20H24N6O3/c1-2-29-16-6-4-3-5-15(16)21-20(27)10-9-18-23-22-17-7-8-19(24-26(17)18)25-11-13-28-14-12-25/h3-8H,2,9-14H2,1H3,(H,21,27). The van der Waals surface area contributed by atoms with Gasteiger partial charge in [0.15, 0.2) is 11.5 Å². The predicted molar refractivity (Wildman–Crippen MR) is 108 cm³/mol. The molecule has 2 aromatic heterocycles. The van der Waals surface area contributed by atoms with Crippen LogP contribution in [0.15, 0.2) is 36.4 Å². The summed E-state index contributed by atoms with van der Waals surface area (Å²) in [6.45, 7) is 5.44. The molecule has 1 aliphatic heterocycles. The van der Waals surface area contributed by atoms with Crippen LogP contribution in [0.1, 0.15) is 19.2 Å². The summed E-state index contributed by atoms with van der Waals surface area (Å²) in [5.74, 6) is 2.06. The molecule has 1 aromatic carbocycles. The first-order valence-electron chi connectivity index (χ1n) is 9.80. The van der Waals surface area contributed by atoms with E-state index < -0.39 is 0 Å². The fraction of sp³-hybridized carbons (Fsp3) is 0.400. The molecule has 1 fully saturated rings. The number of carbonyl (C=O) groups is 1. The maximum absolute atomic E-state index is 12.4. The number of hydrogen-bond acceptors (Lipinski definition) is 7. The van der Waals surface area contributed by atoms with Gasteiger partial charge < -0.3 is 19.7 Å². The van der Waals surface area contributed by atoms with Crippen molar-refractivity contribution >= 4 is 23.1 Å². The molecule has 1 aliphatic rings. The van der Waals surface area contributed by atoms with Crippen molar-refractivity contribution in [1.82, 2.24) is 19.8 Å². The summed E-state index contributed by atoms with van der Waals surface area (Å²) in [5.41, 5.74) is 1.33. The molecule has 3 heterocycles. The largest absolute Gasteiger partial charge is 0.492 e. The molecule has 3 aromatic rings. The molecule has 0 atom stereocenters. The molecule has 9 nitrogen and oxygen atoms in total. The summed E-state index contributed by atoms with van der Waals surface area (Å²) < 4.78 is 12.7. The molecule has 1 N–H and O–H groups in total. The number of nitrogens with one attached hydrogen (secondary N) is 1. The van der Waals surface area contributed by atoms with Crippen LogP contribution in [0.4, 0.5) is 11.5 Å². The fourth-order valence-corrected chi connectivity index (χ4v) is 3.23. The molecule has 1 saturated heterocycles. The van der Waals surface area contributed by atoms with Crippen LogP contribution in [0.2, 0.25) is 0 Å². The van der Waals surface area contributed by atoms with E-state index in [1.54, 1.807) is 4.52 Å². The molecule has 152 valence electrons. The number of aryl methyl sites for hydroxylation is 1. The van der Waals surface area contributed by atoms with Crippen molar-refractivity contribution < 1.29 is 14.3 Å². The van der Waals surface area contributed by atoms with E-state index in [0.717, 1.165) is 18.9 Å². The monoisotopic (exact) mass is 396 g/mol. The lowest BCUT2D eigenvalue weighted by Gasteiger charge is -2.27. The summed E-state index contributed by atoms with van der Waals surface area (Å²) in [7, 11) is 0. The van der Waals surface area contributed by atoms with Crippen molar-refractivity contribution in [3.63, 3.8) is 0 Å². The summed E-state index contributed by atoms with van der Waals surface area (Å²) in [6.07, 6.45) is 0.702. The molecule has 29 heavy (non-hydrogen) atoms. The SMILES string of the molecule is CCOc1ccccc1NC(=O)CCc1nnc2ccc(N3CCOCC3)nn12. The fourth-order valence-electron chi connectivity index (χ4n) is 3.23. The molecule has 0 bridgehead atoms. The van der Waals surface area contributed by atoms with E-state index >= 15 is 0 Å². The zero-order valence-corrected chi connectivity index (χ0v) is 16.4. The minimum atomic E-state index is -0.113. The Kier molecular flexibility index (Phi) is 5.85. The first-order chi connectivity index (χ1) is 14.2. The Morgan fingerprint density at radius 3 is 2.83 bits per heavy atom. The lowest BCUT2D eigenvalue weighted by atomic mass is 10.2. The number of rotatable bonds is 7. The Hall–Kier alpha value is -3.20. The Morgan fingerprint density at radius 1 is 1.17 bits per heavy atom. The molecule has 0 aliphatic carbocycles. The van der Waals surface area contributed by atoms with Crippen molar-refractivity contribution in [3.05, 3.63) is 42.2 Å². The van der Waals surface area contributed by atoms with Gasteiger partial charge in [0.2, 0.25) is 5.91 Å². The van der Waals surface area contributed by atoms with E-state index in [-0.39, 0.29) is 12.3 Å². The van der Waals surface area contributed by atoms with Gasteiger partial charge in [0.1, 0.15) is 11.6 Å². The molecular weight excluding hydrogens is 372 g/mol. The van der Waals surface area contributed by atoms with Crippen LogP contribution in [0, 0.1) is 0 Å². The number of hydrogen-bond donors (Lipinski definition) is 1. The minimum Gasteiger partial charge on any atom is -0.492 e. The van der Waals surface area contributed by atoms with Gasteiger partial charge in [-0.3, -0.25) is 4.79 Å². The molecule has 0 saturated carbocycles. The molecule has 9 heteroatoms. The Balaban J connectivity index is 1.43. The zero-order chi connectivity index (χ0) is 20.1. The number of aromatic nitrogens is 4. The summed E-state index contributed by atoms with van der Waals surface area (Å²) in [5, 5.41) is 15.9. The quantitative estimate of drug-likeness (QED) is 0.652. The molecule has 0 radical (unpaired) electrons. The highest BCUT2D eigenvalue weighted by Crippen LogP contribution is 2.24. The van der Waals surface area contributed by atoms with E-state index in [9.17, 15) is 4.79 Å². The molecule has 4 rings (SSSR count). The summed E-state index contributed by atoms with van der Waals surface area (Å²) in [6, 6.07) is 11.2. The van der Waals surface area contributed by atoms with Gasteiger partial charge in [-0.25, -0.2) is 0 Å². The molecule has 0 spiro atoms.